The number of hydrogen-bond donors (Lipinski definition) is 2. The zero-order chi connectivity index (χ0) is 13.9. The van der Waals surface area contributed by atoms with Crippen LogP contribution < -0.4 is 16.0 Å². The molecule has 20 heavy (non-hydrogen) atoms. The van der Waals surface area contributed by atoms with Gasteiger partial charge in [-0.25, -0.2) is 0 Å². The summed E-state index contributed by atoms with van der Waals surface area (Å²) >= 11 is 0. The molecule has 0 saturated carbocycles. The highest BCUT2D eigenvalue weighted by Crippen LogP contribution is 2.33. The molecule has 0 spiro atoms. The van der Waals surface area contributed by atoms with Gasteiger partial charge in [0, 0.05) is 19.7 Å². The number of para-hydroxylation sites is 1. The third-order valence-corrected chi connectivity index (χ3v) is 4.00. The lowest BCUT2D eigenvalue weighted by molar-refractivity contribution is -0.120. The van der Waals surface area contributed by atoms with E-state index in [-0.39, 0.29) is 12.0 Å². The van der Waals surface area contributed by atoms with Gasteiger partial charge in [0.2, 0.25) is 5.91 Å². The van der Waals surface area contributed by atoms with Gasteiger partial charge in [0.15, 0.2) is 0 Å². The summed E-state index contributed by atoms with van der Waals surface area (Å²) in [5.41, 5.74) is 9.04. The van der Waals surface area contributed by atoms with E-state index in [2.05, 4.69) is 16.3 Å². The van der Waals surface area contributed by atoms with Crippen LogP contribution in [0.3, 0.4) is 0 Å². The molecule has 1 unspecified atom stereocenters. The Morgan fingerprint density at radius 2 is 2.40 bits per heavy atom. The first-order chi connectivity index (χ1) is 9.74. The average Bonchev–Trinajstić information content (AvgIpc) is 3.07. The Hall–Kier alpha value is -1.75. The lowest BCUT2D eigenvalue weighted by Crippen LogP contribution is -2.39. The molecule has 108 valence electrons. The van der Waals surface area contributed by atoms with Gasteiger partial charge in [-0.15, -0.1) is 0 Å². The molecule has 3 N–H and O–H groups in total. The Kier molecular flexibility index (Phi) is 3.78. The maximum atomic E-state index is 12.0. The van der Waals surface area contributed by atoms with Gasteiger partial charge in [-0.05, 0) is 30.9 Å². The lowest BCUT2D eigenvalue weighted by Gasteiger charge is -2.21. The molecule has 2 aliphatic rings. The van der Waals surface area contributed by atoms with Crippen LogP contribution in [0.15, 0.2) is 18.2 Å². The minimum absolute atomic E-state index is 0.0385. The highest BCUT2D eigenvalue weighted by Gasteiger charge is 2.23. The number of carbonyl (C=O) groups excluding carboxylic acids is 1. The van der Waals surface area contributed by atoms with Gasteiger partial charge < -0.3 is 20.7 Å². The fraction of sp³-hybridized carbons (Fsp3) is 0.533. The highest BCUT2D eigenvalue weighted by molar-refractivity contribution is 5.85. The van der Waals surface area contributed by atoms with Crippen molar-refractivity contribution < 1.29 is 9.53 Å². The second-order valence-corrected chi connectivity index (χ2v) is 5.47. The number of fused-ring (bicyclic) bond motifs is 1. The maximum absolute atomic E-state index is 12.0. The summed E-state index contributed by atoms with van der Waals surface area (Å²) < 4.78 is 5.50. The van der Waals surface area contributed by atoms with E-state index in [1.54, 1.807) is 0 Å². The minimum Gasteiger partial charge on any atom is -0.397 e. The van der Waals surface area contributed by atoms with Crippen LogP contribution in [0.5, 0.6) is 0 Å². The normalized spacial score (nSPS) is 21.0. The summed E-state index contributed by atoms with van der Waals surface area (Å²) in [6.07, 6.45) is 3.28. The van der Waals surface area contributed by atoms with Gasteiger partial charge in [-0.3, -0.25) is 4.79 Å². The van der Waals surface area contributed by atoms with E-state index in [0.29, 0.717) is 13.1 Å². The van der Waals surface area contributed by atoms with Crippen molar-refractivity contribution in [1.82, 2.24) is 5.32 Å². The number of anilines is 2. The van der Waals surface area contributed by atoms with Gasteiger partial charge >= 0.3 is 0 Å². The van der Waals surface area contributed by atoms with Crippen LogP contribution in [0.2, 0.25) is 0 Å². The van der Waals surface area contributed by atoms with Crippen molar-refractivity contribution in [3.05, 3.63) is 23.8 Å². The monoisotopic (exact) mass is 275 g/mol. The third-order valence-electron chi connectivity index (χ3n) is 4.00. The number of hydrogen-bond acceptors (Lipinski definition) is 4. The summed E-state index contributed by atoms with van der Waals surface area (Å²) in [5, 5.41) is 2.96. The van der Waals surface area contributed by atoms with Crippen molar-refractivity contribution in [3.63, 3.8) is 0 Å². The molecule has 1 aromatic rings. The predicted octanol–water partition coefficient (Wildman–Crippen LogP) is 0.926. The van der Waals surface area contributed by atoms with E-state index >= 15 is 0 Å². The number of amides is 1. The van der Waals surface area contributed by atoms with E-state index in [4.69, 9.17) is 10.5 Å². The van der Waals surface area contributed by atoms with Crippen molar-refractivity contribution in [3.8, 4) is 0 Å². The van der Waals surface area contributed by atoms with Gasteiger partial charge in [-0.2, -0.15) is 0 Å². The van der Waals surface area contributed by atoms with Gasteiger partial charge in [0.05, 0.1) is 24.0 Å². The van der Waals surface area contributed by atoms with E-state index in [0.717, 1.165) is 43.8 Å². The summed E-state index contributed by atoms with van der Waals surface area (Å²) in [6, 6.07) is 5.94. The molecule has 1 amide bonds. The average molecular weight is 275 g/mol. The van der Waals surface area contributed by atoms with Crippen LogP contribution in [-0.2, 0) is 16.0 Å². The molecule has 1 aromatic carbocycles. The number of rotatable bonds is 4. The lowest BCUT2D eigenvalue weighted by atomic mass is 10.1. The zero-order valence-corrected chi connectivity index (χ0v) is 11.6. The van der Waals surface area contributed by atoms with Crippen LogP contribution >= 0.6 is 0 Å². The molecule has 2 heterocycles. The molecule has 3 rings (SSSR count). The Morgan fingerprint density at radius 3 is 3.20 bits per heavy atom. The highest BCUT2D eigenvalue weighted by atomic mass is 16.5. The predicted molar refractivity (Wildman–Crippen MR) is 78.8 cm³/mol. The molecule has 5 nitrogen and oxygen atoms in total. The van der Waals surface area contributed by atoms with Crippen molar-refractivity contribution in [1.29, 1.82) is 0 Å². The molecule has 1 fully saturated rings. The van der Waals surface area contributed by atoms with Crippen molar-refractivity contribution in [2.24, 2.45) is 0 Å². The van der Waals surface area contributed by atoms with Crippen LogP contribution in [0.25, 0.3) is 0 Å². The van der Waals surface area contributed by atoms with Crippen molar-refractivity contribution in [2.75, 3.05) is 36.9 Å². The number of nitrogens with one attached hydrogen (secondary N) is 1. The van der Waals surface area contributed by atoms with Crippen LogP contribution in [-0.4, -0.2) is 38.3 Å². The first-order valence-electron chi connectivity index (χ1n) is 7.24. The van der Waals surface area contributed by atoms with E-state index in [1.807, 2.05) is 12.1 Å². The number of carbonyl (C=O) groups is 1. The Labute approximate surface area is 119 Å². The molecule has 5 heteroatoms. The molecular formula is C15H21N3O2. The zero-order valence-electron chi connectivity index (χ0n) is 11.6. The Bertz CT molecular complexity index is 498. The van der Waals surface area contributed by atoms with Crippen LogP contribution in [0.4, 0.5) is 11.4 Å². The molecule has 1 atom stereocenters. The quantitative estimate of drug-likeness (QED) is 0.802. The molecule has 2 aliphatic heterocycles. The summed E-state index contributed by atoms with van der Waals surface area (Å²) in [7, 11) is 0. The van der Waals surface area contributed by atoms with Crippen molar-refractivity contribution in [2.45, 2.75) is 25.4 Å². The smallest absolute Gasteiger partial charge is 0.239 e. The molecular weight excluding hydrogens is 254 g/mol. The van der Waals surface area contributed by atoms with Gasteiger partial charge in [-0.1, -0.05) is 12.1 Å². The van der Waals surface area contributed by atoms with E-state index in [1.165, 1.54) is 5.56 Å². The van der Waals surface area contributed by atoms with Gasteiger partial charge in [0.1, 0.15) is 0 Å². The summed E-state index contributed by atoms with van der Waals surface area (Å²) in [4.78, 5) is 14.1. The summed E-state index contributed by atoms with van der Waals surface area (Å²) in [6.45, 7) is 2.66. The van der Waals surface area contributed by atoms with E-state index in [9.17, 15) is 4.79 Å². The number of nitrogens with zero attached hydrogens (tertiary/aromatic N) is 1. The minimum atomic E-state index is 0.0385. The number of ether oxygens (including phenoxy) is 1. The fourth-order valence-corrected chi connectivity index (χ4v) is 2.99. The maximum Gasteiger partial charge on any atom is 0.239 e. The van der Waals surface area contributed by atoms with E-state index < -0.39 is 0 Å². The Balaban J connectivity index is 1.55. The number of nitrogen functional groups attached to an aromatic ring is 1. The standard InChI is InChI=1S/C15H21N3O2/c16-13-5-1-3-11-6-7-18(15(11)13)10-14(19)17-9-12-4-2-8-20-12/h1,3,5,12H,2,4,6-10,16H2,(H,17,19). The molecule has 0 radical (unpaired) electrons. The van der Waals surface area contributed by atoms with Crippen molar-refractivity contribution >= 4 is 17.3 Å². The second kappa shape index (κ2) is 5.71. The number of nitrogens with two attached hydrogens (primary N) is 1. The first kappa shape index (κ1) is 13.2. The molecule has 0 aromatic heterocycles. The Morgan fingerprint density at radius 1 is 1.50 bits per heavy atom. The van der Waals surface area contributed by atoms with Gasteiger partial charge in [0.25, 0.3) is 0 Å². The van der Waals surface area contributed by atoms with Crippen LogP contribution in [0, 0.1) is 0 Å². The fourth-order valence-electron chi connectivity index (χ4n) is 2.99. The third kappa shape index (κ3) is 2.72. The summed E-state index contributed by atoms with van der Waals surface area (Å²) in [5.74, 6) is 0.0385. The first-order valence-corrected chi connectivity index (χ1v) is 7.24. The molecule has 0 aliphatic carbocycles. The SMILES string of the molecule is Nc1cccc2c1N(CC(=O)NCC1CCCO1)CC2. The second-order valence-electron chi connectivity index (χ2n) is 5.47. The topological polar surface area (TPSA) is 67.6 Å². The van der Waals surface area contributed by atoms with Crippen LogP contribution in [0.1, 0.15) is 18.4 Å². The largest absolute Gasteiger partial charge is 0.397 e. The number of benzene rings is 1. The molecule has 0 bridgehead atoms. The molecule has 1 saturated heterocycles.